The predicted octanol–water partition coefficient (Wildman–Crippen LogP) is 5.29. The molecule has 0 spiro atoms. The van der Waals surface area contributed by atoms with Gasteiger partial charge in [0.05, 0.1) is 25.7 Å². The summed E-state index contributed by atoms with van der Waals surface area (Å²) in [5, 5.41) is 0. The molecule has 0 saturated carbocycles. The zero-order chi connectivity index (χ0) is 14.0. The first kappa shape index (κ1) is 18.8. The molecule has 2 nitrogen and oxygen atoms in total. The number of hydrogen-bond acceptors (Lipinski definition) is 2. The number of halogens is 3. The molecule has 0 aromatic heterocycles. The van der Waals surface area contributed by atoms with Crippen LogP contribution in [0.4, 0.5) is 5.69 Å². The van der Waals surface area contributed by atoms with Crippen molar-refractivity contribution in [1.29, 1.82) is 0 Å². The first-order valence-electron chi connectivity index (χ1n) is 5.08. The van der Waals surface area contributed by atoms with Gasteiger partial charge in [0, 0.05) is 6.21 Å². The normalized spacial score (nSPS) is 11.5. The van der Waals surface area contributed by atoms with E-state index in [4.69, 9.17) is 32.8 Å². The van der Waals surface area contributed by atoms with Crippen LogP contribution in [0.1, 0.15) is 0 Å². The Morgan fingerprint density at radius 1 is 1.17 bits per heavy atom. The summed E-state index contributed by atoms with van der Waals surface area (Å²) in [6, 6.07) is 9.89. The van der Waals surface area contributed by atoms with Gasteiger partial charge < -0.3 is 0 Å². The molecular weight excluding hydrogens is 483 g/mol. The van der Waals surface area contributed by atoms with Crippen LogP contribution < -0.4 is 0 Å². The molecule has 0 saturated heterocycles. The van der Waals surface area contributed by atoms with E-state index in [0.717, 1.165) is 5.69 Å². The Morgan fingerprint density at radius 2 is 1.67 bits per heavy atom. The van der Waals surface area contributed by atoms with E-state index in [1.54, 1.807) is 0 Å². The molecule has 103 valence electrons. The molecule has 1 aromatic rings. The van der Waals surface area contributed by atoms with Crippen LogP contribution in [0.5, 0.6) is 0 Å². The van der Waals surface area contributed by atoms with Crippen molar-refractivity contribution in [2.24, 2.45) is 4.99 Å². The molecule has 0 aliphatic carbocycles. The molecule has 0 unspecified atom stereocenters. The summed E-state index contributed by atoms with van der Waals surface area (Å²) < 4.78 is 5.61. The van der Waals surface area contributed by atoms with Gasteiger partial charge in [-0.15, -0.1) is 0 Å². The van der Waals surface area contributed by atoms with Crippen molar-refractivity contribution >= 4 is 47.6 Å². The van der Waals surface area contributed by atoms with E-state index < -0.39 is 21.7 Å². The zero-order valence-electron chi connectivity index (χ0n) is 10.5. The first-order chi connectivity index (χ1) is 8.31. The summed E-state index contributed by atoms with van der Waals surface area (Å²) in [5.41, 5.74) is 0.975. The molecule has 0 radical (unpaired) electrons. The fourth-order valence-electron chi connectivity index (χ4n) is 0.914. The summed E-state index contributed by atoms with van der Waals surface area (Å²) in [7, 11) is 13.9. The van der Waals surface area contributed by atoms with Gasteiger partial charge in [-0.25, -0.2) is 4.52 Å². The second kappa shape index (κ2) is 10.6. The Hall–Kier alpha value is 0.838. The number of benzene rings is 1. The minimum absolute atomic E-state index is 0.603. The second-order valence-electron chi connectivity index (χ2n) is 4.01. The van der Waals surface area contributed by atoms with E-state index in [1.165, 1.54) is 0 Å². The Balaban J connectivity index is 0.000000631. The van der Waals surface area contributed by atoms with Crippen LogP contribution in [-0.2, 0) is 18.7 Å². The van der Waals surface area contributed by atoms with Crippen molar-refractivity contribution in [3.63, 3.8) is 0 Å². The van der Waals surface area contributed by atoms with Gasteiger partial charge in [-0.3, -0.25) is 4.99 Å². The number of nitrogens with zero attached hydrogens (tertiary/aromatic N) is 1. The van der Waals surface area contributed by atoms with Crippen molar-refractivity contribution in [2.75, 3.05) is 26.6 Å². The minimum atomic E-state index is -2.11. The van der Waals surface area contributed by atoms with E-state index in [1.807, 2.05) is 36.5 Å². The third-order valence-electron chi connectivity index (χ3n) is 1.53. The van der Waals surface area contributed by atoms with Crippen molar-refractivity contribution in [3.8, 4) is 0 Å². The third-order valence-corrected chi connectivity index (χ3v) is 2.46. The molecule has 0 N–H and O–H groups in total. The van der Waals surface area contributed by atoms with Crippen molar-refractivity contribution in [3.05, 3.63) is 30.3 Å². The van der Waals surface area contributed by atoms with E-state index in [9.17, 15) is 0 Å². The summed E-state index contributed by atoms with van der Waals surface area (Å²) in [6.07, 6.45) is 1.82. The molecule has 0 fully saturated rings. The van der Waals surface area contributed by atoms with Crippen LogP contribution in [0.15, 0.2) is 35.3 Å². The molecule has 0 heterocycles. The van der Waals surface area contributed by atoms with Crippen LogP contribution in [-0.4, -0.2) is 32.8 Å². The third kappa shape index (κ3) is 14.9. The monoisotopic (exact) mass is 499 g/mol. The Labute approximate surface area is 127 Å². The summed E-state index contributed by atoms with van der Waals surface area (Å²) in [5.74, 6) is 0. The average Bonchev–Trinajstić information content (AvgIpc) is 2.24. The van der Waals surface area contributed by atoms with Crippen LogP contribution >= 0.6 is 35.7 Å². The van der Waals surface area contributed by atoms with Gasteiger partial charge in [0.1, 0.15) is 14.1 Å². The van der Waals surface area contributed by atoms with Crippen LogP contribution in [0.2, 0.25) is 0 Å². The number of rotatable bonds is 4. The zero-order valence-corrected chi connectivity index (χ0v) is 16.6. The van der Waals surface area contributed by atoms with Gasteiger partial charge in [-0.2, -0.15) is 0 Å². The van der Waals surface area contributed by atoms with Gasteiger partial charge >= 0.3 is 42.4 Å². The maximum absolute atomic E-state index is 5.61. The van der Waals surface area contributed by atoms with Gasteiger partial charge in [0.15, 0.2) is 0 Å². The molecule has 0 atom stereocenters. The summed E-state index contributed by atoms with van der Waals surface area (Å²) in [4.78, 5) is 4.28. The van der Waals surface area contributed by atoms with E-state index >= 15 is 0 Å². The van der Waals surface area contributed by atoms with Gasteiger partial charge in [-0.05, 0) is 12.1 Å². The molecule has 0 amide bonds. The van der Waals surface area contributed by atoms with Crippen LogP contribution in [0.3, 0.4) is 0 Å². The number of para-hydroxylation sites is 1. The van der Waals surface area contributed by atoms with Gasteiger partial charge in [0.25, 0.3) is 0 Å². The standard InChI is InChI=1S/C11H17NOP.3ClH.W/c1-14(2,3)13-10-9-12-11-7-5-4-6-8-11;;;;/h4-9H,10H2,1-3H3;3*1H;/q+1;;;;+3/p-3. The average molecular weight is 500 g/mol. The summed E-state index contributed by atoms with van der Waals surface area (Å²) in [6.45, 7) is 7.03. The fourth-order valence-corrected chi connectivity index (χ4v) is 1.43. The molecule has 7 heteroatoms. The molecular formula is C11H17Cl3NOPW+. The quantitative estimate of drug-likeness (QED) is 0.407. The maximum atomic E-state index is 5.61. The van der Waals surface area contributed by atoms with E-state index in [2.05, 4.69) is 25.0 Å². The predicted molar refractivity (Wildman–Crippen MR) is 82.8 cm³/mol. The van der Waals surface area contributed by atoms with Crippen molar-refractivity contribution in [1.82, 2.24) is 0 Å². The SMILES string of the molecule is C[P+](C)(C)OCC=Nc1ccccc1.[Cl][W]([Cl])[Cl]. The first-order valence-corrected chi connectivity index (χ1v) is 19.0. The molecule has 1 aromatic carbocycles. The van der Waals surface area contributed by atoms with Crippen molar-refractivity contribution < 1.29 is 18.7 Å². The number of aliphatic imine (C=N–C) groups is 1. The fraction of sp³-hybridized carbons (Fsp3) is 0.364. The molecule has 0 aliphatic heterocycles. The van der Waals surface area contributed by atoms with Crippen LogP contribution in [0, 0.1) is 0 Å². The molecule has 0 bridgehead atoms. The Kier molecular flexibility index (Phi) is 11.1. The number of hydrogen-bond donors (Lipinski definition) is 0. The Morgan fingerprint density at radius 3 is 2.11 bits per heavy atom. The van der Waals surface area contributed by atoms with Gasteiger partial charge in [0.2, 0.25) is 0 Å². The van der Waals surface area contributed by atoms with E-state index in [0.29, 0.717) is 6.61 Å². The molecule has 0 aliphatic rings. The Bertz CT molecular complexity index is 341. The van der Waals surface area contributed by atoms with E-state index in [-0.39, 0.29) is 0 Å². The molecule has 1 rings (SSSR count). The molecule has 18 heavy (non-hydrogen) atoms. The van der Waals surface area contributed by atoms with Gasteiger partial charge in [-0.1, -0.05) is 18.2 Å². The topological polar surface area (TPSA) is 21.6 Å². The van der Waals surface area contributed by atoms with Crippen molar-refractivity contribution in [2.45, 2.75) is 0 Å². The summed E-state index contributed by atoms with van der Waals surface area (Å²) >= 11 is -2.11. The second-order valence-corrected chi connectivity index (χ2v) is 20.8. The van der Waals surface area contributed by atoms with Crippen LogP contribution in [0.25, 0.3) is 0 Å².